The molecule has 1 atom stereocenters. The molecule has 1 amide bonds. The zero-order valence-corrected chi connectivity index (χ0v) is 10.6. The van der Waals surface area contributed by atoms with E-state index in [9.17, 15) is 9.59 Å². The fraction of sp³-hybridized carbons (Fsp3) is 0.333. The maximum atomic E-state index is 11.6. The van der Waals surface area contributed by atoms with Gasteiger partial charge >= 0.3 is 5.97 Å². The minimum atomic E-state index is -1.04. The second-order valence-corrected chi connectivity index (χ2v) is 5.02. The first-order valence-electron chi connectivity index (χ1n) is 5.22. The van der Waals surface area contributed by atoms with Crippen LogP contribution >= 0.6 is 11.8 Å². The first kappa shape index (κ1) is 13.6. The third-order valence-corrected chi connectivity index (χ3v) is 3.46. The van der Waals surface area contributed by atoms with Gasteiger partial charge < -0.3 is 10.4 Å². The molecule has 0 aliphatic rings. The number of hydrogen-bond donors (Lipinski definition) is 2. The first-order valence-corrected chi connectivity index (χ1v) is 6.10. The van der Waals surface area contributed by atoms with Crippen molar-refractivity contribution in [3.05, 3.63) is 29.8 Å². The molecule has 1 rings (SSSR count). The van der Waals surface area contributed by atoms with Gasteiger partial charge in [0.1, 0.15) is 6.54 Å². The summed E-state index contributed by atoms with van der Waals surface area (Å²) in [5.41, 5.74) is 1.11. The Morgan fingerprint density at radius 1 is 1.41 bits per heavy atom. The van der Waals surface area contributed by atoms with E-state index in [1.54, 1.807) is 6.92 Å². The average Bonchev–Trinajstić information content (AvgIpc) is 2.28. The lowest BCUT2D eigenvalue weighted by molar-refractivity contribution is -0.137. The van der Waals surface area contributed by atoms with Gasteiger partial charge in [-0.1, -0.05) is 18.2 Å². The topological polar surface area (TPSA) is 66.4 Å². The van der Waals surface area contributed by atoms with Gasteiger partial charge in [-0.2, -0.15) is 0 Å². The quantitative estimate of drug-likeness (QED) is 0.783. The molecule has 0 bridgehead atoms. The number of carboxylic acids is 1. The zero-order valence-electron chi connectivity index (χ0n) is 9.77. The van der Waals surface area contributed by atoms with E-state index < -0.39 is 5.97 Å². The molecule has 92 valence electrons. The number of rotatable bonds is 5. The van der Waals surface area contributed by atoms with E-state index >= 15 is 0 Å². The fourth-order valence-electron chi connectivity index (χ4n) is 1.24. The highest BCUT2D eigenvalue weighted by Crippen LogP contribution is 2.26. The summed E-state index contributed by atoms with van der Waals surface area (Å²) >= 11 is 1.42. The Morgan fingerprint density at radius 2 is 2.06 bits per heavy atom. The minimum absolute atomic E-state index is 0.263. The predicted molar refractivity (Wildman–Crippen MR) is 67.1 cm³/mol. The van der Waals surface area contributed by atoms with Crippen molar-refractivity contribution in [1.29, 1.82) is 0 Å². The van der Waals surface area contributed by atoms with Crippen molar-refractivity contribution in [3.8, 4) is 0 Å². The lowest BCUT2D eigenvalue weighted by atomic mass is 10.2. The number of aryl methyl sites for hydroxylation is 1. The third kappa shape index (κ3) is 4.48. The normalized spacial score (nSPS) is 11.9. The van der Waals surface area contributed by atoms with Gasteiger partial charge in [0.15, 0.2) is 0 Å². The summed E-state index contributed by atoms with van der Waals surface area (Å²) in [6.07, 6.45) is 0. The lowest BCUT2D eigenvalue weighted by Crippen LogP contribution is -2.34. The number of thioether (sulfide) groups is 1. The molecule has 0 radical (unpaired) electrons. The van der Waals surface area contributed by atoms with Crippen LogP contribution in [0.4, 0.5) is 0 Å². The van der Waals surface area contributed by atoms with Crippen molar-refractivity contribution in [2.75, 3.05) is 6.54 Å². The van der Waals surface area contributed by atoms with Crippen molar-refractivity contribution in [1.82, 2.24) is 5.32 Å². The van der Waals surface area contributed by atoms with Crippen LogP contribution in [0.2, 0.25) is 0 Å². The number of amides is 1. The Bertz CT molecular complexity index is 420. The molecule has 0 saturated heterocycles. The molecule has 1 aromatic rings. The van der Waals surface area contributed by atoms with Gasteiger partial charge in [-0.15, -0.1) is 11.8 Å². The number of carbonyl (C=O) groups excluding carboxylic acids is 1. The van der Waals surface area contributed by atoms with E-state index in [1.807, 2.05) is 31.2 Å². The van der Waals surface area contributed by atoms with E-state index in [0.29, 0.717) is 0 Å². The van der Waals surface area contributed by atoms with E-state index in [4.69, 9.17) is 5.11 Å². The molecule has 17 heavy (non-hydrogen) atoms. The highest BCUT2D eigenvalue weighted by molar-refractivity contribution is 8.00. The largest absolute Gasteiger partial charge is 0.480 e. The molecular weight excluding hydrogens is 238 g/mol. The summed E-state index contributed by atoms with van der Waals surface area (Å²) in [7, 11) is 0. The van der Waals surface area contributed by atoms with Crippen molar-refractivity contribution >= 4 is 23.6 Å². The molecule has 0 heterocycles. The number of carbonyl (C=O) groups is 2. The van der Waals surface area contributed by atoms with Gasteiger partial charge in [-0.3, -0.25) is 9.59 Å². The summed E-state index contributed by atoms with van der Waals surface area (Å²) < 4.78 is 0. The molecule has 1 aromatic carbocycles. The van der Waals surface area contributed by atoms with Crippen LogP contribution in [-0.2, 0) is 9.59 Å². The Kier molecular flexibility index (Phi) is 5.03. The molecule has 5 heteroatoms. The molecule has 0 aliphatic carbocycles. The van der Waals surface area contributed by atoms with E-state index in [2.05, 4.69) is 5.32 Å². The number of aliphatic carboxylic acids is 1. The van der Waals surface area contributed by atoms with E-state index in [0.717, 1.165) is 10.5 Å². The smallest absolute Gasteiger partial charge is 0.322 e. The van der Waals surface area contributed by atoms with Crippen LogP contribution in [0.5, 0.6) is 0 Å². The first-order chi connectivity index (χ1) is 8.00. The molecule has 2 N–H and O–H groups in total. The van der Waals surface area contributed by atoms with Gasteiger partial charge in [0, 0.05) is 4.90 Å². The fourth-order valence-corrected chi connectivity index (χ4v) is 2.22. The van der Waals surface area contributed by atoms with Crippen molar-refractivity contribution in [2.45, 2.75) is 24.0 Å². The van der Waals surface area contributed by atoms with Crippen LogP contribution in [0.15, 0.2) is 29.2 Å². The van der Waals surface area contributed by atoms with Gasteiger partial charge in [0.25, 0.3) is 0 Å². The lowest BCUT2D eigenvalue weighted by Gasteiger charge is -2.12. The van der Waals surface area contributed by atoms with Crippen molar-refractivity contribution < 1.29 is 14.7 Å². The van der Waals surface area contributed by atoms with Crippen LogP contribution in [0, 0.1) is 6.92 Å². The molecule has 4 nitrogen and oxygen atoms in total. The maximum absolute atomic E-state index is 11.6. The van der Waals surface area contributed by atoms with Crippen LogP contribution in [0.3, 0.4) is 0 Å². The van der Waals surface area contributed by atoms with Crippen LogP contribution in [-0.4, -0.2) is 28.8 Å². The second kappa shape index (κ2) is 6.30. The minimum Gasteiger partial charge on any atom is -0.480 e. The number of carboxylic acid groups (broad SMARTS) is 1. The average molecular weight is 253 g/mol. The second-order valence-electron chi connectivity index (χ2n) is 3.64. The summed E-state index contributed by atoms with van der Waals surface area (Å²) in [5.74, 6) is -1.30. The zero-order chi connectivity index (χ0) is 12.8. The van der Waals surface area contributed by atoms with Gasteiger partial charge in [-0.05, 0) is 25.5 Å². The molecule has 0 aliphatic heterocycles. The van der Waals surface area contributed by atoms with Crippen molar-refractivity contribution in [2.24, 2.45) is 0 Å². The van der Waals surface area contributed by atoms with Gasteiger partial charge in [-0.25, -0.2) is 0 Å². The van der Waals surface area contributed by atoms with E-state index in [-0.39, 0.29) is 17.7 Å². The predicted octanol–water partition coefficient (Wildman–Crippen LogP) is 1.68. The van der Waals surface area contributed by atoms with Gasteiger partial charge in [0.05, 0.1) is 5.25 Å². The molecule has 0 aromatic heterocycles. The number of nitrogens with one attached hydrogen (secondary N) is 1. The number of hydrogen-bond acceptors (Lipinski definition) is 3. The molecule has 0 fully saturated rings. The Balaban J connectivity index is 2.54. The van der Waals surface area contributed by atoms with Crippen LogP contribution < -0.4 is 5.32 Å². The maximum Gasteiger partial charge on any atom is 0.322 e. The molecule has 0 saturated carbocycles. The summed E-state index contributed by atoms with van der Waals surface area (Å²) in [5, 5.41) is 10.5. The van der Waals surface area contributed by atoms with Gasteiger partial charge in [0.2, 0.25) is 5.91 Å². The standard InChI is InChI=1S/C12H15NO3S/c1-8-5-3-4-6-10(8)17-9(2)12(16)13-7-11(14)15/h3-6,9H,7H2,1-2H3,(H,13,16)(H,14,15). The monoisotopic (exact) mass is 253 g/mol. The number of benzene rings is 1. The van der Waals surface area contributed by atoms with Crippen molar-refractivity contribution in [3.63, 3.8) is 0 Å². The Hall–Kier alpha value is -1.49. The highest BCUT2D eigenvalue weighted by atomic mass is 32.2. The summed E-state index contributed by atoms with van der Waals surface area (Å²) in [6.45, 7) is 3.40. The molecular formula is C12H15NO3S. The summed E-state index contributed by atoms with van der Waals surface area (Å²) in [4.78, 5) is 22.9. The molecule has 0 spiro atoms. The van der Waals surface area contributed by atoms with Crippen LogP contribution in [0.1, 0.15) is 12.5 Å². The Morgan fingerprint density at radius 3 is 2.65 bits per heavy atom. The molecule has 1 unspecified atom stereocenters. The van der Waals surface area contributed by atoms with Crippen LogP contribution in [0.25, 0.3) is 0 Å². The van der Waals surface area contributed by atoms with E-state index in [1.165, 1.54) is 11.8 Å². The Labute approximate surface area is 104 Å². The third-order valence-electron chi connectivity index (χ3n) is 2.18. The highest BCUT2D eigenvalue weighted by Gasteiger charge is 2.15. The summed E-state index contributed by atoms with van der Waals surface area (Å²) in [6, 6.07) is 7.77. The SMILES string of the molecule is Cc1ccccc1SC(C)C(=O)NCC(=O)O.